The molecule has 0 radical (unpaired) electrons. The van der Waals surface area contributed by atoms with Crippen molar-refractivity contribution in [2.75, 3.05) is 18.9 Å². The zero-order chi connectivity index (χ0) is 12.3. The van der Waals surface area contributed by atoms with Gasteiger partial charge in [0.1, 0.15) is 5.75 Å². The molecule has 0 saturated heterocycles. The van der Waals surface area contributed by atoms with Gasteiger partial charge < -0.3 is 15.8 Å². The van der Waals surface area contributed by atoms with Crippen LogP contribution in [0, 0.1) is 11.8 Å². The molecule has 0 aromatic heterocycles. The minimum absolute atomic E-state index is 0.0605. The zero-order valence-electron chi connectivity index (χ0n) is 9.98. The third-order valence-electron chi connectivity index (χ3n) is 3.09. The third-order valence-corrected chi connectivity index (χ3v) is 3.09. The maximum absolute atomic E-state index is 11.5. The summed E-state index contributed by atoms with van der Waals surface area (Å²) in [6, 6.07) is 7.01. The number of anilines is 1. The first-order valence-electron chi connectivity index (χ1n) is 5.90. The van der Waals surface area contributed by atoms with E-state index in [4.69, 9.17) is 10.5 Å². The molecule has 1 aliphatic rings. The number of carbonyl (C=O) groups is 1. The Balaban J connectivity index is 1.67. The lowest BCUT2D eigenvalue weighted by molar-refractivity contribution is -0.123. The van der Waals surface area contributed by atoms with E-state index >= 15 is 0 Å². The van der Waals surface area contributed by atoms with Crippen LogP contribution in [0.4, 0.5) is 5.69 Å². The summed E-state index contributed by atoms with van der Waals surface area (Å²) in [5, 5.41) is 2.87. The minimum atomic E-state index is -0.0686. The highest BCUT2D eigenvalue weighted by Crippen LogP contribution is 2.36. The first-order chi connectivity index (χ1) is 8.15. The van der Waals surface area contributed by atoms with Gasteiger partial charge in [0.25, 0.3) is 5.91 Å². The van der Waals surface area contributed by atoms with Crippen molar-refractivity contribution >= 4 is 11.6 Å². The molecular formula is C13H18N2O2. The van der Waals surface area contributed by atoms with Crippen LogP contribution in [-0.2, 0) is 4.79 Å². The smallest absolute Gasteiger partial charge is 0.257 e. The maximum Gasteiger partial charge on any atom is 0.257 e. The molecule has 0 bridgehead atoms. The topological polar surface area (TPSA) is 64.3 Å². The number of hydrogen-bond donors (Lipinski definition) is 2. The molecule has 3 N–H and O–H groups in total. The molecule has 1 aromatic carbocycles. The van der Waals surface area contributed by atoms with Crippen LogP contribution in [0.15, 0.2) is 24.3 Å². The van der Waals surface area contributed by atoms with Gasteiger partial charge in [0.05, 0.1) is 0 Å². The van der Waals surface area contributed by atoms with E-state index in [9.17, 15) is 4.79 Å². The van der Waals surface area contributed by atoms with Gasteiger partial charge in [-0.1, -0.05) is 6.92 Å². The lowest BCUT2D eigenvalue weighted by atomic mass is 10.3. The molecular weight excluding hydrogens is 216 g/mol. The predicted octanol–water partition coefficient (Wildman–Crippen LogP) is 1.42. The average Bonchev–Trinajstić information content (AvgIpc) is 3.02. The van der Waals surface area contributed by atoms with Crippen molar-refractivity contribution in [2.24, 2.45) is 11.8 Å². The summed E-state index contributed by atoms with van der Waals surface area (Å²) < 4.78 is 5.33. The number of rotatable bonds is 5. The number of nitrogens with two attached hydrogens (primary N) is 1. The molecule has 1 fully saturated rings. The zero-order valence-corrected chi connectivity index (χ0v) is 9.98. The van der Waals surface area contributed by atoms with E-state index in [1.807, 2.05) is 0 Å². The molecule has 1 amide bonds. The molecule has 0 heterocycles. The molecule has 2 unspecified atom stereocenters. The molecule has 4 heteroatoms. The Morgan fingerprint density at radius 1 is 1.47 bits per heavy atom. The predicted molar refractivity (Wildman–Crippen MR) is 66.6 cm³/mol. The molecule has 2 rings (SSSR count). The SMILES string of the molecule is CC1CC1CNC(=O)COc1ccc(N)cc1. The average molecular weight is 234 g/mol. The van der Waals surface area contributed by atoms with Crippen molar-refractivity contribution in [2.45, 2.75) is 13.3 Å². The Bertz CT molecular complexity index is 389. The highest BCUT2D eigenvalue weighted by Gasteiger charge is 2.32. The van der Waals surface area contributed by atoms with Crippen molar-refractivity contribution in [1.29, 1.82) is 0 Å². The minimum Gasteiger partial charge on any atom is -0.484 e. The van der Waals surface area contributed by atoms with Crippen LogP contribution in [0.5, 0.6) is 5.75 Å². The van der Waals surface area contributed by atoms with E-state index in [1.165, 1.54) is 6.42 Å². The van der Waals surface area contributed by atoms with Crippen molar-refractivity contribution in [3.05, 3.63) is 24.3 Å². The second kappa shape index (κ2) is 5.08. The Labute approximate surface area is 101 Å². The third kappa shape index (κ3) is 3.66. The van der Waals surface area contributed by atoms with Crippen molar-refractivity contribution in [3.63, 3.8) is 0 Å². The van der Waals surface area contributed by atoms with Gasteiger partial charge in [-0.2, -0.15) is 0 Å². The van der Waals surface area contributed by atoms with Gasteiger partial charge in [-0.05, 0) is 42.5 Å². The fraction of sp³-hybridized carbons (Fsp3) is 0.462. The normalized spacial score (nSPS) is 21.9. The maximum atomic E-state index is 11.5. The van der Waals surface area contributed by atoms with Crippen LogP contribution in [0.25, 0.3) is 0 Å². The quantitative estimate of drug-likeness (QED) is 0.757. The van der Waals surface area contributed by atoms with E-state index in [0.29, 0.717) is 17.4 Å². The van der Waals surface area contributed by atoms with Crippen molar-refractivity contribution in [3.8, 4) is 5.75 Å². The molecule has 4 nitrogen and oxygen atoms in total. The fourth-order valence-electron chi connectivity index (χ4n) is 1.69. The first-order valence-corrected chi connectivity index (χ1v) is 5.90. The first kappa shape index (κ1) is 11.8. The van der Waals surface area contributed by atoms with Crippen LogP contribution in [0.2, 0.25) is 0 Å². The number of nitrogen functional groups attached to an aromatic ring is 1. The molecule has 2 atom stereocenters. The van der Waals surface area contributed by atoms with Gasteiger partial charge >= 0.3 is 0 Å². The van der Waals surface area contributed by atoms with Gasteiger partial charge in [0.15, 0.2) is 6.61 Å². The van der Waals surface area contributed by atoms with Gasteiger partial charge in [-0.15, -0.1) is 0 Å². The van der Waals surface area contributed by atoms with Gasteiger partial charge in [0.2, 0.25) is 0 Å². The second-order valence-corrected chi connectivity index (χ2v) is 4.63. The highest BCUT2D eigenvalue weighted by molar-refractivity contribution is 5.77. The number of nitrogens with one attached hydrogen (secondary N) is 1. The second-order valence-electron chi connectivity index (χ2n) is 4.63. The number of amides is 1. The molecule has 1 aromatic rings. The summed E-state index contributed by atoms with van der Waals surface area (Å²) in [5.74, 6) is 2.01. The summed E-state index contributed by atoms with van der Waals surface area (Å²) in [5.41, 5.74) is 6.23. The monoisotopic (exact) mass is 234 g/mol. The van der Waals surface area contributed by atoms with Crippen LogP contribution < -0.4 is 15.8 Å². The van der Waals surface area contributed by atoms with Gasteiger partial charge in [-0.25, -0.2) is 0 Å². The molecule has 17 heavy (non-hydrogen) atoms. The van der Waals surface area contributed by atoms with E-state index in [1.54, 1.807) is 24.3 Å². The van der Waals surface area contributed by atoms with Crippen LogP contribution in [0.1, 0.15) is 13.3 Å². The van der Waals surface area contributed by atoms with E-state index in [-0.39, 0.29) is 12.5 Å². The van der Waals surface area contributed by atoms with E-state index in [0.717, 1.165) is 12.5 Å². The van der Waals surface area contributed by atoms with Gasteiger partial charge in [-0.3, -0.25) is 4.79 Å². The number of hydrogen-bond acceptors (Lipinski definition) is 3. The number of carbonyl (C=O) groups excluding carboxylic acids is 1. The standard InChI is InChI=1S/C13H18N2O2/c1-9-6-10(9)7-15-13(16)8-17-12-4-2-11(14)3-5-12/h2-5,9-10H,6-8,14H2,1H3,(H,15,16). The fourth-order valence-corrected chi connectivity index (χ4v) is 1.69. The van der Waals surface area contributed by atoms with E-state index < -0.39 is 0 Å². The van der Waals surface area contributed by atoms with Gasteiger partial charge in [0, 0.05) is 12.2 Å². The highest BCUT2D eigenvalue weighted by atomic mass is 16.5. The number of benzene rings is 1. The Morgan fingerprint density at radius 2 is 2.12 bits per heavy atom. The Kier molecular flexibility index (Phi) is 3.52. The lowest BCUT2D eigenvalue weighted by Gasteiger charge is -2.07. The molecule has 0 aliphatic heterocycles. The van der Waals surface area contributed by atoms with Crippen LogP contribution in [0.3, 0.4) is 0 Å². The summed E-state index contributed by atoms with van der Waals surface area (Å²) >= 11 is 0. The Hall–Kier alpha value is -1.71. The van der Waals surface area contributed by atoms with Crippen molar-refractivity contribution < 1.29 is 9.53 Å². The Morgan fingerprint density at radius 3 is 2.71 bits per heavy atom. The summed E-state index contributed by atoms with van der Waals surface area (Å²) in [4.78, 5) is 11.5. The van der Waals surface area contributed by atoms with Crippen molar-refractivity contribution in [1.82, 2.24) is 5.32 Å². The summed E-state index contributed by atoms with van der Waals surface area (Å²) in [6.07, 6.45) is 1.22. The van der Waals surface area contributed by atoms with Crippen LogP contribution in [-0.4, -0.2) is 19.1 Å². The summed E-state index contributed by atoms with van der Waals surface area (Å²) in [7, 11) is 0. The van der Waals surface area contributed by atoms with E-state index in [2.05, 4.69) is 12.2 Å². The largest absolute Gasteiger partial charge is 0.484 e. The lowest BCUT2D eigenvalue weighted by Crippen LogP contribution is -2.30. The molecule has 1 saturated carbocycles. The van der Waals surface area contributed by atoms with Crippen LogP contribution >= 0.6 is 0 Å². The molecule has 1 aliphatic carbocycles. The molecule has 0 spiro atoms. The number of ether oxygens (including phenoxy) is 1. The molecule has 92 valence electrons. The summed E-state index contributed by atoms with van der Waals surface area (Å²) in [6.45, 7) is 3.03.